The van der Waals surface area contributed by atoms with Crippen LogP contribution in [0.1, 0.15) is 0 Å². The molecule has 0 bridgehead atoms. The molecule has 96 valence electrons. The maximum atomic E-state index is 5.65. The van der Waals surface area contributed by atoms with Gasteiger partial charge in [-0.3, -0.25) is 4.99 Å². The van der Waals surface area contributed by atoms with E-state index < -0.39 is 0 Å². The summed E-state index contributed by atoms with van der Waals surface area (Å²) in [6.07, 6.45) is 0. The van der Waals surface area contributed by atoms with Crippen LogP contribution in [0.5, 0.6) is 5.75 Å². The van der Waals surface area contributed by atoms with Crippen LogP contribution in [-0.2, 0) is 0 Å². The lowest BCUT2D eigenvalue weighted by Gasteiger charge is -2.07. The number of aliphatic imine (C=N–C) groups is 1. The van der Waals surface area contributed by atoms with Crippen LogP contribution in [0.2, 0.25) is 0 Å². The van der Waals surface area contributed by atoms with Gasteiger partial charge in [-0.25, -0.2) is 0 Å². The maximum Gasteiger partial charge on any atom is 0.186 e. The lowest BCUT2D eigenvalue weighted by atomic mass is 10.1. The fraction of sp³-hybridized carbons (Fsp3) is 0.154. The molecular formula is C13H16IN3O. The van der Waals surface area contributed by atoms with Crippen molar-refractivity contribution in [1.82, 2.24) is 0 Å². The smallest absolute Gasteiger partial charge is 0.186 e. The van der Waals surface area contributed by atoms with Crippen molar-refractivity contribution >= 4 is 40.7 Å². The SMILES string of the molecule is I.NC(N)=NCCOc1cccc2ccccc12. The topological polar surface area (TPSA) is 73.6 Å². The molecule has 4 nitrogen and oxygen atoms in total. The molecule has 2 aromatic carbocycles. The number of guanidine groups is 1. The molecule has 0 unspecified atom stereocenters. The summed E-state index contributed by atoms with van der Waals surface area (Å²) in [5, 5.41) is 2.26. The molecule has 0 aliphatic carbocycles. The van der Waals surface area contributed by atoms with Crippen molar-refractivity contribution in [2.75, 3.05) is 13.2 Å². The molecule has 0 radical (unpaired) electrons. The summed E-state index contributed by atoms with van der Waals surface area (Å²) < 4.78 is 5.65. The third kappa shape index (κ3) is 3.76. The predicted molar refractivity (Wildman–Crippen MR) is 85.5 cm³/mol. The van der Waals surface area contributed by atoms with Gasteiger partial charge in [-0.05, 0) is 11.5 Å². The van der Waals surface area contributed by atoms with Gasteiger partial charge in [0, 0.05) is 5.39 Å². The quantitative estimate of drug-likeness (QED) is 0.381. The van der Waals surface area contributed by atoms with E-state index in [4.69, 9.17) is 16.2 Å². The summed E-state index contributed by atoms with van der Waals surface area (Å²) in [6.45, 7) is 0.928. The van der Waals surface area contributed by atoms with Gasteiger partial charge < -0.3 is 16.2 Å². The molecule has 18 heavy (non-hydrogen) atoms. The summed E-state index contributed by atoms with van der Waals surface area (Å²) in [5.41, 5.74) is 10.5. The second-order valence-corrected chi connectivity index (χ2v) is 3.63. The number of rotatable bonds is 4. The second kappa shape index (κ2) is 7.05. The average Bonchev–Trinajstić information content (AvgIpc) is 2.34. The Morgan fingerprint density at radius 2 is 1.78 bits per heavy atom. The van der Waals surface area contributed by atoms with E-state index in [9.17, 15) is 0 Å². The Hall–Kier alpha value is -1.50. The van der Waals surface area contributed by atoms with Gasteiger partial charge in [0.1, 0.15) is 12.4 Å². The molecule has 0 spiro atoms. The Balaban J connectivity index is 0.00000162. The van der Waals surface area contributed by atoms with Crippen molar-refractivity contribution in [3.05, 3.63) is 42.5 Å². The highest BCUT2D eigenvalue weighted by atomic mass is 127. The van der Waals surface area contributed by atoms with Crippen molar-refractivity contribution in [2.24, 2.45) is 16.5 Å². The van der Waals surface area contributed by atoms with Gasteiger partial charge in [0.2, 0.25) is 0 Å². The lowest BCUT2D eigenvalue weighted by molar-refractivity contribution is 0.332. The first kappa shape index (κ1) is 14.6. The largest absolute Gasteiger partial charge is 0.491 e. The molecule has 0 saturated heterocycles. The number of hydrogen-bond donors (Lipinski definition) is 2. The molecule has 2 rings (SSSR count). The summed E-state index contributed by atoms with van der Waals surface area (Å²) in [5.74, 6) is 0.945. The molecule has 0 aliphatic rings. The van der Waals surface area contributed by atoms with Crippen LogP contribution in [0.25, 0.3) is 10.8 Å². The molecule has 0 heterocycles. The highest BCUT2D eigenvalue weighted by Gasteiger charge is 2.00. The Labute approximate surface area is 123 Å². The first-order valence-electron chi connectivity index (χ1n) is 5.43. The molecule has 4 N–H and O–H groups in total. The van der Waals surface area contributed by atoms with Crippen molar-refractivity contribution in [3.63, 3.8) is 0 Å². The maximum absolute atomic E-state index is 5.65. The van der Waals surface area contributed by atoms with Crippen molar-refractivity contribution < 1.29 is 4.74 Å². The highest BCUT2D eigenvalue weighted by molar-refractivity contribution is 14.0. The molecule has 2 aromatic rings. The minimum atomic E-state index is 0. The fourth-order valence-corrected chi connectivity index (χ4v) is 1.65. The second-order valence-electron chi connectivity index (χ2n) is 3.63. The summed E-state index contributed by atoms with van der Waals surface area (Å²) in [7, 11) is 0. The van der Waals surface area contributed by atoms with Crippen LogP contribution in [0.15, 0.2) is 47.5 Å². The summed E-state index contributed by atoms with van der Waals surface area (Å²) >= 11 is 0. The number of fused-ring (bicyclic) bond motifs is 1. The van der Waals surface area contributed by atoms with Crippen LogP contribution < -0.4 is 16.2 Å². The van der Waals surface area contributed by atoms with Gasteiger partial charge in [0.05, 0.1) is 6.54 Å². The van der Waals surface area contributed by atoms with Crippen molar-refractivity contribution in [1.29, 1.82) is 0 Å². The van der Waals surface area contributed by atoms with Crippen molar-refractivity contribution in [3.8, 4) is 5.75 Å². The number of hydrogen-bond acceptors (Lipinski definition) is 2. The van der Waals surface area contributed by atoms with E-state index in [2.05, 4.69) is 17.1 Å². The molecule has 0 fully saturated rings. The van der Waals surface area contributed by atoms with Gasteiger partial charge in [-0.1, -0.05) is 36.4 Å². The van der Waals surface area contributed by atoms with Crippen LogP contribution >= 0.6 is 24.0 Å². The van der Waals surface area contributed by atoms with Crippen molar-refractivity contribution in [2.45, 2.75) is 0 Å². The zero-order valence-electron chi connectivity index (χ0n) is 9.87. The summed E-state index contributed by atoms with van der Waals surface area (Å²) in [6, 6.07) is 14.1. The number of nitrogens with zero attached hydrogens (tertiary/aromatic N) is 1. The number of ether oxygens (including phenoxy) is 1. The van der Waals surface area contributed by atoms with Crippen LogP contribution in [0.4, 0.5) is 0 Å². The van der Waals surface area contributed by atoms with E-state index in [1.807, 2.05) is 30.3 Å². The van der Waals surface area contributed by atoms with E-state index >= 15 is 0 Å². The average molecular weight is 357 g/mol. The third-order valence-electron chi connectivity index (χ3n) is 2.39. The summed E-state index contributed by atoms with van der Waals surface area (Å²) in [4.78, 5) is 3.87. The van der Waals surface area contributed by atoms with Crippen LogP contribution in [0.3, 0.4) is 0 Å². The zero-order chi connectivity index (χ0) is 12.1. The normalized spacial score (nSPS) is 9.56. The van der Waals surface area contributed by atoms with E-state index in [1.54, 1.807) is 0 Å². The Morgan fingerprint density at radius 1 is 1.06 bits per heavy atom. The molecule has 0 aliphatic heterocycles. The number of halogens is 1. The van der Waals surface area contributed by atoms with Gasteiger partial charge in [0.15, 0.2) is 5.96 Å². The number of benzene rings is 2. The van der Waals surface area contributed by atoms with Crippen LogP contribution in [-0.4, -0.2) is 19.1 Å². The van der Waals surface area contributed by atoms with Crippen LogP contribution in [0, 0.1) is 0 Å². The monoisotopic (exact) mass is 357 g/mol. The van der Waals surface area contributed by atoms with Gasteiger partial charge in [0.25, 0.3) is 0 Å². The van der Waals surface area contributed by atoms with Gasteiger partial charge in [-0.15, -0.1) is 24.0 Å². The molecular weight excluding hydrogens is 341 g/mol. The zero-order valence-corrected chi connectivity index (χ0v) is 12.2. The number of nitrogens with two attached hydrogens (primary N) is 2. The molecule has 5 heteroatoms. The van der Waals surface area contributed by atoms with E-state index in [-0.39, 0.29) is 29.9 Å². The van der Waals surface area contributed by atoms with Gasteiger partial charge >= 0.3 is 0 Å². The molecule has 0 amide bonds. The first-order valence-corrected chi connectivity index (χ1v) is 5.43. The Kier molecular flexibility index (Phi) is 5.70. The van der Waals surface area contributed by atoms with E-state index in [1.165, 1.54) is 0 Å². The highest BCUT2D eigenvalue weighted by Crippen LogP contribution is 2.24. The van der Waals surface area contributed by atoms with E-state index in [0.29, 0.717) is 13.2 Å². The minimum Gasteiger partial charge on any atom is -0.491 e. The first-order chi connectivity index (χ1) is 8.27. The molecule has 0 saturated carbocycles. The van der Waals surface area contributed by atoms with Gasteiger partial charge in [-0.2, -0.15) is 0 Å². The van der Waals surface area contributed by atoms with E-state index in [0.717, 1.165) is 16.5 Å². The third-order valence-corrected chi connectivity index (χ3v) is 2.39. The lowest BCUT2D eigenvalue weighted by Crippen LogP contribution is -2.23. The predicted octanol–water partition coefficient (Wildman–Crippen LogP) is 2.11. The molecule has 0 atom stereocenters. The fourth-order valence-electron chi connectivity index (χ4n) is 1.65. The standard InChI is InChI=1S/C13H15N3O.HI/c14-13(15)16-8-9-17-12-7-3-5-10-4-1-2-6-11(10)12;/h1-7H,8-9H2,(H4,14,15,16);1H. The Bertz CT molecular complexity index is 533. The minimum absolute atomic E-state index is 0. The Morgan fingerprint density at radius 3 is 2.56 bits per heavy atom. The molecule has 0 aromatic heterocycles.